The van der Waals surface area contributed by atoms with Gasteiger partial charge in [0.15, 0.2) is 0 Å². The van der Waals surface area contributed by atoms with Crippen LogP contribution >= 0.6 is 0 Å². The zero-order valence-corrected chi connectivity index (χ0v) is 11.5. The van der Waals surface area contributed by atoms with E-state index in [0.29, 0.717) is 5.92 Å². The van der Waals surface area contributed by atoms with Gasteiger partial charge in [-0.25, -0.2) is 0 Å². The average Bonchev–Trinajstić information content (AvgIpc) is 2.19. The maximum absolute atomic E-state index is 10.2. The summed E-state index contributed by atoms with van der Waals surface area (Å²) in [5.74, 6) is 0.644. The van der Waals surface area contributed by atoms with Crippen LogP contribution in [0.25, 0.3) is 0 Å². The highest BCUT2D eigenvalue weighted by molar-refractivity contribution is 5.23. The van der Waals surface area contributed by atoms with Crippen LogP contribution in [0.5, 0.6) is 0 Å². The Hall–Kier alpha value is -0.340. The summed E-state index contributed by atoms with van der Waals surface area (Å²) in [6.07, 6.45) is 5.96. The van der Waals surface area contributed by atoms with E-state index in [1.54, 1.807) is 0 Å². The first-order chi connectivity index (χ1) is 7.75. The van der Waals surface area contributed by atoms with Crippen molar-refractivity contribution in [3.63, 3.8) is 0 Å². The first kappa shape index (κ1) is 13.1. The Bertz CT molecular complexity index is 326. The van der Waals surface area contributed by atoms with Gasteiger partial charge in [-0.15, -0.1) is 0 Å². The van der Waals surface area contributed by atoms with Crippen LogP contribution < -0.4 is 0 Å². The molecule has 0 aliphatic heterocycles. The number of hydrogen-bond acceptors (Lipinski definition) is 2. The number of rotatable bonds is 1. The molecule has 0 saturated heterocycles. The third-order valence-corrected chi connectivity index (χ3v) is 5.26. The Kier molecular flexibility index (Phi) is 3.16. The van der Waals surface area contributed by atoms with Crippen molar-refractivity contribution in [1.82, 2.24) is 0 Å². The highest BCUT2D eigenvalue weighted by atomic mass is 16.3. The first-order valence-corrected chi connectivity index (χ1v) is 6.85. The van der Waals surface area contributed by atoms with Gasteiger partial charge in [0.25, 0.3) is 0 Å². The van der Waals surface area contributed by atoms with Crippen LogP contribution in [0.1, 0.15) is 53.4 Å². The quantitative estimate of drug-likeness (QED) is 0.690. The molecule has 0 spiro atoms. The van der Waals surface area contributed by atoms with E-state index in [4.69, 9.17) is 0 Å². The zero-order chi connectivity index (χ0) is 12.8. The first-order valence-electron chi connectivity index (χ1n) is 6.85. The van der Waals surface area contributed by atoms with E-state index in [1.807, 2.05) is 13.8 Å². The van der Waals surface area contributed by atoms with Gasteiger partial charge in [-0.1, -0.05) is 25.5 Å². The van der Waals surface area contributed by atoms with E-state index >= 15 is 0 Å². The largest absolute Gasteiger partial charge is 0.392 e. The van der Waals surface area contributed by atoms with E-state index < -0.39 is 5.60 Å². The van der Waals surface area contributed by atoms with Gasteiger partial charge in [0.2, 0.25) is 0 Å². The molecule has 2 nitrogen and oxygen atoms in total. The molecular formula is C15H26O2. The second kappa shape index (κ2) is 4.10. The van der Waals surface area contributed by atoms with Crippen LogP contribution in [-0.2, 0) is 0 Å². The monoisotopic (exact) mass is 238 g/mol. The summed E-state index contributed by atoms with van der Waals surface area (Å²) in [5, 5.41) is 20.5. The molecule has 0 amide bonds. The van der Waals surface area contributed by atoms with Gasteiger partial charge in [0.05, 0.1) is 11.7 Å². The van der Waals surface area contributed by atoms with Gasteiger partial charge in [-0.05, 0) is 50.9 Å². The number of aliphatic hydroxyl groups is 2. The Labute approximate surface area is 105 Å². The Morgan fingerprint density at radius 3 is 2.65 bits per heavy atom. The lowest BCUT2D eigenvalue weighted by molar-refractivity contribution is -0.0851. The van der Waals surface area contributed by atoms with Crippen LogP contribution in [0.3, 0.4) is 0 Å². The molecule has 0 bridgehead atoms. The van der Waals surface area contributed by atoms with Crippen LogP contribution in [0.4, 0.5) is 0 Å². The van der Waals surface area contributed by atoms with Gasteiger partial charge in [0, 0.05) is 5.92 Å². The fraction of sp³-hybridized carbons (Fsp3) is 0.867. The highest BCUT2D eigenvalue weighted by Crippen LogP contribution is 2.53. The number of allylic oxidation sites excluding steroid dienone is 1. The summed E-state index contributed by atoms with van der Waals surface area (Å²) in [7, 11) is 0. The van der Waals surface area contributed by atoms with Crippen molar-refractivity contribution < 1.29 is 10.2 Å². The van der Waals surface area contributed by atoms with Gasteiger partial charge in [-0.2, -0.15) is 0 Å². The second-order valence-electron chi connectivity index (χ2n) is 6.86. The molecule has 0 aromatic heterocycles. The molecule has 2 rings (SSSR count). The molecule has 1 saturated carbocycles. The Balaban J connectivity index is 2.30. The normalized spacial score (nSPS) is 42.9. The number of hydrogen-bond donors (Lipinski definition) is 2. The molecular weight excluding hydrogens is 212 g/mol. The molecule has 1 fully saturated rings. The lowest BCUT2D eigenvalue weighted by Crippen LogP contribution is -2.49. The minimum absolute atomic E-state index is 0.00907. The van der Waals surface area contributed by atoms with Crippen LogP contribution in [-0.4, -0.2) is 21.9 Å². The topological polar surface area (TPSA) is 40.5 Å². The summed E-state index contributed by atoms with van der Waals surface area (Å²) >= 11 is 0. The lowest BCUT2D eigenvalue weighted by atomic mass is 9.56. The fourth-order valence-corrected chi connectivity index (χ4v) is 3.71. The smallest absolute Gasteiger partial charge is 0.0644 e. The second-order valence-corrected chi connectivity index (χ2v) is 6.86. The molecule has 17 heavy (non-hydrogen) atoms. The molecule has 4 atom stereocenters. The van der Waals surface area contributed by atoms with E-state index in [1.165, 1.54) is 12.0 Å². The van der Waals surface area contributed by atoms with E-state index in [2.05, 4.69) is 19.9 Å². The minimum Gasteiger partial charge on any atom is -0.392 e. The summed E-state index contributed by atoms with van der Waals surface area (Å²) in [4.78, 5) is 0. The molecule has 2 N–H and O–H groups in total. The molecule has 2 aliphatic carbocycles. The predicted octanol–water partition coefficient (Wildman–Crippen LogP) is 2.89. The molecule has 98 valence electrons. The summed E-state index contributed by atoms with van der Waals surface area (Å²) < 4.78 is 0. The SMILES string of the molecule is CC1CCC=C2CC(O)C(C(C)(C)O)CC21C. The molecule has 2 aliphatic rings. The summed E-state index contributed by atoms with van der Waals surface area (Å²) in [6, 6.07) is 0. The third kappa shape index (κ3) is 2.17. The number of aliphatic hydroxyl groups excluding tert-OH is 1. The Morgan fingerprint density at radius 1 is 1.41 bits per heavy atom. The zero-order valence-electron chi connectivity index (χ0n) is 11.5. The van der Waals surface area contributed by atoms with E-state index in [9.17, 15) is 10.2 Å². The lowest BCUT2D eigenvalue weighted by Gasteiger charge is -2.51. The van der Waals surface area contributed by atoms with Crippen molar-refractivity contribution in [1.29, 1.82) is 0 Å². The molecule has 0 heterocycles. The fourth-order valence-electron chi connectivity index (χ4n) is 3.71. The van der Waals surface area contributed by atoms with Crippen LogP contribution in [0.15, 0.2) is 11.6 Å². The van der Waals surface area contributed by atoms with E-state index in [0.717, 1.165) is 19.3 Å². The van der Waals surface area contributed by atoms with Gasteiger partial charge >= 0.3 is 0 Å². The predicted molar refractivity (Wildman–Crippen MR) is 69.6 cm³/mol. The van der Waals surface area contributed by atoms with Gasteiger partial charge < -0.3 is 10.2 Å². The van der Waals surface area contributed by atoms with Crippen molar-refractivity contribution in [2.45, 2.75) is 65.1 Å². The molecule has 0 radical (unpaired) electrons. The van der Waals surface area contributed by atoms with Crippen molar-refractivity contribution in [3.05, 3.63) is 11.6 Å². The highest BCUT2D eigenvalue weighted by Gasteiger charge is 2.48. The van der Waals surface area contributed by atoms with Gasteiger partial charge in [-0.3, -0.25) is 0 Å². The summed E-state index contributed by atoms with van der Waals surface area (Å²) in [5.41, 5.74) is 0.817. The molecule has 0 aromatic carbocycles. The molecule has 0 aromatic rings. The van der Waals surface area contributed by atoms with Crippen molar-refractivity contribution in [3.8, 4) is 0 Å². The van der Waals surface area contributed by atoms with E-state index in [-0.39, 0.29) is 17.4 Å². The van der Waals surface area contributed by atoms with Crippen molar-refractivity contribution in [2.75, 3.05) is 0 Å². The molecule has 4 unspecified atom stereocenters. The maximum atomic E-state index is 10.2. The average molecular weight is 238 g/mol. The maximum Gasteiger partial charge on any atom is 0.0644 e. The van der Waals surface area contributed by atoms with Crippen LogP contribution in [0, 0.1) is 17.3 Å². The van der Waals surface area contributed by atoms with Crippen molar-refractivity contribution >= 4 is 0 Å². The van der Waals surface area contributed by atoms with Gasteiger partial charge in [0.1, 0.15) is 0 Å². The van der Waals surface area contributed by atoms with Crippen molar-refractivity contribution in [2.24, 2.45) is 17.3 Å². The minimum atomic E-state index is -0.787. The third-order valence-electron chi connectivity index (χ3n) is 5.26. The number of fused-ring (bicyclic) bond motifs is 1. The van der Waals surface area contributed by atoms with Crippen LogP contribution in [0.2, 0.25) is 0 Å². The Morgan fingerprint density at radius 2 is 2.06 bits per heavy atom. The molecule has 2 heteroatoms. The standard InChI is InChI=1S/C15H26O2/c1-10-6-5-7-11-8-13(16)12(14(2,3)17)9-15(10,11)4/h7,10,12-13,16-17H,5-6,8-9H2,1-4H3. The summed E-state index contributed by atoms with van der Waals surface area (Å²) in [6.45, 7) is 8.28.